The molecular weight excluding hydrogens is 300 g/mol. The quantitative estimate of drug-likeness (QED) is 0.704. The molecule has 0 bridgehead atoms. The molecule has 1 aromatic heterocycles. The minimum atomic E-state index is 0.315. The van der Waals surface area contributed by atoms with Crippen LogP contribution in [0.5, 0.6) is 0 Å². The summed E-state index contributed by atoms with van der Waals surface area (Å²) in [5.41, 5.74) is 1.64. The van der Waals surface area contributed by atoms with Crippen molar-refractivity contribution in [3.63, 3.8) is 0 Å². The number of aromatic nitrogens is 2. The van der Waals surface area contributed by atoms with Crippen LogP contribution in [0.15, 0.2) is 43.0 Å². The van der Waals surface area contributed by atoms with Crippen molar-refractivity contribution in [3.8, 4) is 0 Å². The largest absolute Gasteiger partial charge is 0.334 e. The zero-order valence-electron chi connectivity index (χ0n) is 12.9. The summed E-state index contributed by atoms with van der Waals surface area (Å²) in [7, 11) is 0. The van der Waals surface area contributed by atoms with Gasteiger partial charge in [-0.15, -0.1) is 0 Å². The Labute approximate surface area is 136 Å². The molecule has 114 valence electrons. The van der Waals surface area contributed by atoms with E-state index in [1.165, 1.54) is 5.56 Å². The van der Waals surface area contributed by atoms with Crippen LogP contribution in [0.2, 0.25) is 5.02 Å². The van der Waals surface area contributed by atoms with Crippen LogP contribution in [0, 0.1) is 5.41 Å². The summed E-state index contributed by atoms with van der Waals surface area (Å²) in [5.74, 6) is 2.11. The highest BCUT2D eigenvalue weighted by Crippen LogP contribution is 2.30. The van der Waals surface area contributed by atoms with E-state index in [4.69, 9.17) is 11.6 Å². The van der Waals surface area contributed by atoms with Crippen molar-refractivity contribution in [2.45, 2.75) is 39.0 Å². The van der Waals surface area contributed by atoms with Gasteiger partial charge in [0.25, 0.3) is 0 Å². The lowest BCUT2D eigenvalue weighted by molar-refractivity contribution is 0.309. The van der Waals surface area contributed by atoms with Gasteiger partial charge < -0.3 is 4.57 Å². The first kappa shape index (κ1) is 16.4. The molecule has 0 aliphatic heterocycles. The zero-order valence-corrected chi connectivity index (χ0v) is 14.5. The Hall–Kier alpha value is -0.930. The van der Waals surface area contributed by atoms with Crippen molar-refractivity contribution in [2.24, 2.45) is 5.41 Å². The molecule has 4 heteroatoms. The van der Waals surface area contributed by atoms with Crippen molar-refractivity contribution in [3.05, 3.63) is 53.6 Å². The second kappa shape index (κ2) is 7.37. The van der Waals surface area contributed by atoms with E-state index < -0.39 is 0 Å². The van der Waals surface area contributed by atoms with E-state index in [-0.39, 0.29) is 0 Å². The van der Waals surface area contributed by atoms with E-state index in [0.717, 1.165) is 22.9 Å². The normalized spacial score (nSPS) is 13.3. The summed E-state index contributed by atoms with van der Waals surface area (Å²) >= 11 is 7.89. The van der Waals surface area contributed by atoms with E-state index in [0.29, 0.717) is 11.5 Å². The van der Waals surface area contributed by atoms with Gasteiger partial charge in [-0.3, -0.25) is 0 Å². The smallest absolute Gasteiger partial charge is 0.0948 e. The third-order valence-electron chi connectivity index (χ3n) is 3.29. The van der Waals surface area contributed by atoms with Gasteiger partial charge in [0, 0.05) is 35.0 Å². The fraction of sp³-hybridized carbons (Fsp3) is 0.471. The van der Waals surface area contributed by atoms with E-state index >= 15 is 0 Å². The lowest BCUT2D eigenvalue weighted by atomic mass is 9.88. The van der Waals surface area contributed by atoms with Crippen LogP contribution in [0.1, 0.15) is 38.8 Å². The van der Waals surface area contributed by atoms with Crippen LogP contribution < -0.4 is 0 Å². The first-order valence-electron chi connectivity index (χ1n) is 7.24. The van der Waals surface area contributed by atoms with Crippen LogP contribution >= 0.6 is 23.4 Å². The van der Waals surface area contributed by atoms with Gasteiger partial charge in [0.1, 0.15) is 0 Å². The molecule has 1 atom stereocenters. The summed E-state index contributed by atoms with van der Waals surface area (Å²) in [6.07, 6.45) is 7.01. The molecule has 21 heavy (non-hydrogen) atoms. The minimum Gasteiger partial charge on any atom is -0.334 e. The SMILES string of the molecule is CC(C)(C)C[C@@H](CSCc1ccc(Cl)cc1)n1ccnc1. The number of benzene rings is 1. The predicted octanol–water partition coefficient (Wildman–Crippen LogP) is 5.45. The molecule has 2 rings (SSSR count). The van der Waals surface area contributed by atoms with Gasteiger partial charge in [0.05, 0.1) is 6.33 Å². The van der Waals surface area contributed by atoms with E-state index in [1.54, 1.807) is 0 Å². The van der Waals surface area contributed by atoms with Gasteiger partial charge in [-0.2, -0.15) is 11.8 Å². The summed E-state index contributed by atoms with van der Waals surface area (Å²) < 4.78 is 2.24. The molecule has 2 aromatic rings. The van der Waals surface area contributed by atoms with Gasteiger partial charge in [-0.1, -0.05) is 44.5 Å². The average molecular weight is 323 g/mol. The fourth-order valence-corrected chi connectivity index (χ4v) is 3.57. The monoisotopic (exact) mass is 322 g/mol. The number of halogens is 1. The zero-order chi connectivity index (χ0) is 15.3. The molecule has 0 aliphatic rings. The van der Waals surface area contributed by atoms with E-state index in [1.807, 2.05) is 36.4 Å². The van der Waals surface area contributed by atoms with E-state index in [9.17, 15) is 0 Å². The second-order valence-electron chi connectivity index (χ2n) is 6.57. The Morgan fingerprint density at radius 3 is 2.52 bits per heavy atom. The van der Waals surface area contributed by atoms with Gasteiger partial charge in [-0.05, 0) is 29.5 Å². The standard InChI is InChI=1S/C17H23ClN2S/c1-17(2,3)10-16(20-9-8-19-13-20)12-21-11-14-4-6-15(18)7-5-14/h4-9,13,16H,10-12H2,1-3H3/t16-/m0/s1. The number of hydrogen-bond donors (Lipinski definition) is 0. The van der Waals surface area contributed by atoms with Crippen LogP contribution in [-0.4, -0.2) is 15.3 Å². The second-order valence-corrected chi connectivity index (χ2v) is 8.04. The molecule has 0 saturated heterocycles. The predicted molar refractivity (Wildman–Crippen MR) is 93.0 cm³/mol. The molecule has 0 saturated carbocycles. The Balaban J connectivity index is 1.91. The van der Waals surface area contributed by atoms with Crippen molar-refractivity contribution >= 4 is 23.4 Å². The maximum atomic E-state index is 5.92. The Kier molecular flexibility index (Phi) is 5.77. The van der Waals surface area contributed by atoms with Crippen molar-refractivity contribution in [1.29, 1.82) is 0 Å². The minimum absolute atomic E-state index is 0.315. The number of imidazole rings is 1. The molecule has 2 nitrogen and oxygen atoms in total. The summed E-state index contributed by atoms with van der Waals surface area (Å²) in [5, 5.41) is 0.799. The third kappa shape index (κ3) is 5.76. The maximum absolute atomic E-state index is 5.92. The highest BCUT2D eigenvalue weighted by Gasteiger charge is 2.19. The number of rotatable bonds is 6. The third-order valence-corrected chi connectivity index (χ3v) is 4.70. The molecule has 1 heterocycles. The first-order valence-corrected chi connectivity index (χ1v) is 8.77. The molecular formula is C17H23ClN2S. The van der Waals surface area contributed by atoms with E-state index in [2.05, 4.69) is 48.7 Å². The highest BCUT2D eigenvalue weighted by atomic mass is 35.5. The van der Waals surface area contributed by atoms with Crippen molar-refractivity contribution < 1.29 is 0 Å². The first-order chi connectivity index (χ1) is 9.94. The van der Waals surface area contributed by atoms with Gasteiger partial charge in [0.2, 0.25) is 0 Å². The average Bonchev–Trinajstić information content (AvgIpc) is 2.92. The lowest BCUT2D eigenvalue weighted by Crippen LogP contribution is -2.18. The molecule has 1 aromatic carbocycles. The van der Waals surface area contributed by atoms with Gasteiger partial charge in [-0.25, -0.2) is 4.98 Å². The van der Waals surface area contributed by atoms with Crippen LogP contribution in [-0.2, 0) is 5.75 Å². The lowest BCUT2D eigenvalue weighted by Gasteiger charge is -2.26. The fourth-order valence-electron chi connectivity index (χ4n) is 2.34. The molecule has 0 spiro atoms. The van der Waals surface area contributed by atoms with Gasteiger partial charge in [0.15, 0.2) is 0 Å². The molecule has 0 unspecified atom stereocenters. The number of hydrogen-bond acceptors (Lipinski definition) is 2. The molecule has 0 aliphatic carbocycles. The number of nitrogens with zero attached hydrogens (tertiary/aromatic N) is 2. The molecule has 0 fully saturated rings. The highest BCUT2D eigenvalue weighted by molar-refractivity contribution is 7.98. The topological polar surface area (TPSA) is 17.8 Å². The van der Waals surface area contributed by atoms with Crippen LogP contribution in [0.3, 0.4) is 0 Å². The van der Waals surface area contributed by atoms with Crippen LogP contribution in [0.4, 0.5) is 0 Å². The van der Waals surface area contributed by atoms with Crippen molar-refractivity contribution in [2.75, 3.05) is 5.75 Å². The Morgan fingerprint density at radius 2 is 1.95 bits per heavy atom. The Morgan fingerprint density at radius 1 is 1.24 bits per heavy atom. The summed E-state index contributed by atoms with van der Waals surface area (Å²) in [6, 6.07) is 8.61. The van der Waals surface area contributed by atoms with Crippen LogP contribution in [0.25, 0.3) is 0 Å². The van der Waals surface area contributed by atoms with Gasteiger partial charge >= 0.3 is 0 Å². The van der Waals surface area contributed by atoms with Crippen molar-refractivity contribution in [1.82, 2.24) is 9.55 Å². The summed E-state index contributed by atoms with van der Waals surface area (Å²) in [6.45, 7) is 6.88. The number of thioether (sulfide) groups is 1. The maximum Gasteiger partial charge on any atom is 0.0948 e. The summed E-state index contributed by atoms with van der Waals surface area (Å²) in [4.78, 5) is 4.19. The molecule has 0 N–H and O–H groups in total. The molecule has 0 radical (unpaired) electrons. The Bertz CT molecular complexity index is 529. The molecule has 0 amide bonds.